The molecule has 0 bridgehead atoms. The van der Waals surface area contributed by atoms with Gasteiger partial charge in [-0.1, -0.05) is 147 Å². The van der Waals surface area contributed by atoms with E-state index in [0.29, 0.717) is 0 Å². The number of hydrogen-bond acceptors (Lipinski definition) is 2. The molecule has 1 heterocycles. The van der Waals surface area contributed by atoms with Crippen LogP contribution in [0.1, 0.15) is 25.0 Å². The smallest absolute Gasteiger partial charge is 0.135 e. The summed E-state index contributed by atoms with van der Waals surface area (Å²) in [5.41, 5.74) is 17.7. The molecule has 57 heavy (non-hydrogen) atoms. The average molecular weight is 730 g/mol. The highest BCUT2D eigenvalue weighted by Gasteiger charge is 2.36. The van der Waals surface area contributed by atoms with Crippen molar-refractivity contribution < 1.29 is 4.42 Å². The molecule has 0 radical (unpaired) electrons. The van der Waals surface area contributed by atoms with Gasteiger partial charge in [0, 0.05) is 33.2 Å². The van der Waals surface area contributed by atoms with E-state index < -0.39 is 0 Å². The zero-order valence-corrected chi connectivity index (χ0v) is 31.9. The first-order valence-corrected chi connectivity index (χ1v) is 19.7. The number of fused-ring (bicyclic) bond motifs is 7. The number of nitrogens with zero attached hydrogens (tertiary/aromatic N) is 1. The standard InChI is InChI=1S/C55H39NO/c1-55(2)51-33-43(24-30-47(51)49-34-50-48-15-9-10-16-53(48)57-54(50)35-52(49)55)40-17-18-42-32-46(29-23-41(42)31-40)56(44-25-19-38(20-26-44)36-11-5-3-6-12-36)45-27-21-39(22-28-45)37-13-7-4-8-14-37/h3-35H,1-2H3. The van der Waals surface area contributed by atoms with Crippen molar-refractivity contribution in [1.82, 2.24) is 0 Å². The number of hydrogen-bond donors (Lipinski definition) is 0. The fraction of sp³-hybridized carbons (Fsp3) is 0.0545. The second-order valence-electron chi connectivity index (χ2n) is 15.8. The Bertz CT molecular complexity index is 3040. The van der Waals surface area contributed by atoms with Crippen molar-refractivity contribution in [2.75, 3.05) is 4.90 Å². The predicted octanol–water partition coefficient (Wildman–Crippen LogP) is 15.5. The molecule has 0 unspecified atom stereocenters. The lowest BCUT2D eigenvalue weighted by Crippen LogP contribution is -2.15. The van der Waals surface area contributed by atoms with Gasteiger partial charge in [-0.2, -0.15) is 0 Å². The highest BCUT2D eigenvalue weighted by Crippen LogP contribution is 2.52. The molecule has 1 aliphatic carbocycles. The van der Waals surface area contributed by atoms with Crippen LogP contribution in [-0.4, -0.2) is 0 Å². The Morgan fingerprint density at radius 3 is 1.54 bits per heavy atom. The summed E-state index contributed by atoms with van der Waals surface area (Å²) in [7, 11) is 0. The molecule has 0 amide bonds. The zero-order valence-electron chi connectivity index (χ0n) is 31.9. The van der Waals surface area contributed by atoms with Gasteiger partial charge >= 0.3 is 0 Å². The molecule has 0 saturated heterocycles. The Kier molecular flexibility index (Phi) is 7.55. The highest BCUT2D eigenvalue weighted by atomic mass is 16.3. The Balaban J connectivity index is 0.954. The van der Waals surface area contributed by atoms with Crippen LogP contribution < -0.4 is 4.90 Å². The van der Waals surface area contributed by atoms with Crippen molar-refractivity contribution in [3.63, 3.8) is 0 Å². The summed E-state index contributed by atoms with van der Waals surface area (Å²) in [4.78, 5) is 2.36. The number of benzene rings is 9. The molecule has 270 valence electrons. The second kappa shape index (κ2) is 13.0. The molecule has 0 aliphatic heterocycles. The summed E-state index contributed by atoms with van der Waals surface area (Å²) in [6.07, 6.45) is 0. The lowest BCUT2D eigenvalue weighted by Gasteiger charge is -2.26. The average Bonchev–Trinajstić information content (AvgIpc) is 3.74. The SMILES string of the molecule is CC1(C)c2cc(-c3ccc4cc(N(c5ccc(-c6ccccc6)cc5)c5ccc(-c6ccccc6)cc5)ccc4c3)ccc2-c2cc3c(cc21)oc1ccccc13. The van der Waals surface area contributed by atoms with Crippen LogP contribution in [0, 0.1) is 0 Å². The maximum Gasteiger partial charge on any atom is 0.135 e. The molecule has 1 aliphatic rings. The van der Waals surface area contributed by atoms with Crippen LogP contribution in [0.4, 0.5) is 17.1 Å². The minimum Gasteiger partial charge on any atom is -0.456 e. The first-order valence-electron chi connectivity index (χ1n) is 19.7. The molecule has 0 N–H and O–H groups in total. The Hall–Kier alpha value is -7.16. The van der Waals surface area contributed by atoms with E-state index in [0.717, 1.165) is 28.2 Å². The maximum atomic E-state index is 6.32. The van der Waals surface area contributed by atoms with E-state index in [1.54, 1.807) is 0 Å². The molecule has 9 aromatic carbocycles. The lowest BCUT2D eigenvalue weighted by atomic mass is 9.81. The lowest BCUT2D eigenvalue weighted by molar-refractivity contribution is 0.647. The van der Waals surface area contributed by atoms with Crippen molar-refractivity contribution >= 4 is 49.8 Å². The second-order valence-corrected chi connectivity index (χ2v) is 15.8. The molecule has 2 nitrogen and oxygen atoms in total. The van der Waals surface area contributed by atoms with Gasteiger partial charge in [0.2, 0.25) is 0 Å². The summed E-state index contributed by atoms with van der Waals surface area (Å²) < 4.78 is 6.32. The minimum absolute atomic E-state index is 0.151. The summed E-state index contributed by atoms with van der Waals surface area (Å²) in [6.45, 7) is 4.68. The van der Waals surface area contributed by atoms with Gasteiger partial charge in [-0.3, -0.25) is 0 Å². The molecule has 0 atom stereocenters. The van der Waals surface area contributed by atoms with Gasteiger partial charge < -0.3 is 9.32 Å². The first-order chi connectivity index (χ1) is 28.0. The zero-order chi connectivity index (χ0) is 38.1. The Labute approximate surface area is 332 Å². The number of para-hydroxylation sites is 1. The van der Waals surface area contributed by atoms with Crippen LogP contribution in [0.3, 0.4) is 0 Å². The molecule has 11 rings (SSSR count). The topological polar surface area (TPSA) is 16.4 Å². The molecule has 10 aromatic rings. The quantitative estimate of drug-likeness (QED) is 0.169. The molecule has 1 aromatic heterocycles. The molecule has 0 spiro atoms. The summed E-state index contributed by atoms with van der Waals surface area (Å²) in [5.74, 6) is 0. The van der Waals surface area contributed by atoms with Gasteiger partial charge in [0.1, 0.15) is 11.2 Å². The van der Waals surface area contributed by atoms with Crippen LogP contribution in [0.5, 0.6) is 0 Å². The van der Waals surface area contributed by atoms with E-state index >= 15 is 0 Å². The highest BCUT2D eigenvalue weighted by molar-refractivity contribution is 6.08. The summed E-state index contributed by atoms with van der Waals surface area (Å²) >= 11 is 0. The van der Waals surface area contributed by atoms with Gasteiger partial charge in [-0.15, -0.1) is 0 Å². The van der Waals surface area contributed by atoms with Gasteiger partial charge in [0.05, 0.1) is 0 Å². The maximum absolute atomic E-state index is 6.32. The fourth-order valence-corrected chi connectivity index (χ4v) is 9.00. The normalized spacial score (nSPS) is 12.9. The van der Waals surface area contributed by atoms with Gasteiger partial charge in [0.15, 0.2) is 0 Å². The van der Waals surface area contributed by atoms with Gasteiger partial charge in [0.25, 0.3) is 0 Å². The van der Waals surface area contributed by atoms with Crippen molar-refractivity contribution in [3.05, 3.63) is 211 Å². The van der Waals surface area contributed by atoms with E-state index in [1.165, 1.54) is 77.2 Å². The van der Waals surface area contributed by atoms with E-state index in [4.69, 9.17) is 4.42 Å². The minimum atomic E-state index is -0.151. The first kappa shape index (κ1) is 33.2. The fourth-order valence-electron chi connectivity index (χ4n) is 9.00. The van der Waals surface area contributed by atoms with Crippen molar-refractivity contribution in [1.29, 1.82) is 0 Å². The van der Waals surface area contributed by atoms with E-state index in [9.17, 15) is 0 Å². The summed E-state index contributed by atoms with van der Waals surface area (Å²) in [5, 5.41) is 4.76. The molecular formula is C55H39NO. The third kappa shape index (κ3) is 5.56. The molecular weight excluding hydrogens is 691 g/mol. The van der Waals surface area contributed by atoms with Gasteiger partial charge in [-0.05, 0) is 133 Å². The third-order valence-corrected chi connectivity index (χ3v) is 12.1. The number of anilines is 3. The molecule has 2 heteroatoms. The van der Waals surface area contributed by atoms with Crippen LogP contribution in [0.25, 0.3) is 77.2 Å². The van der Waals surface area contributed by atoms with Crippen LogP contribution in [0.2, 0.25) is 0 Å². The van der Waals surface area contributed by atoms with Gasteiger partial charge in [-0.25, -0.2) is 0 Å². The van der Waals surface area contributed by atoms with Crippen LogP contribution in [0.15, 0.2) is 205 Å². The number of furan rings is 1. The third-order valence-electron chi connectivity index (χ3n) is 12.1. The molecule has 0 saturated carbocycles. The largest absolute Gasteiger partial charge is 0.456 e. The van der Waals surface area contributed by atoms with Crippen LogP contribution >= 0.6 is 0 Å². The van der Waals surface area contributed by atoms with E-state index in [-0.39, 0.29) is 5.41 Å². The summed E-state index contributed by atoms with van der Waals surface area (Å²) in [6, 6.07) is 72.6. The van der Waals surface area contributed by atoms with E-state index in [1.807, 2.05) is 6.07 Å². The van der Waals surface area contributed by atoms with Crippen molar-refractivity contribution in [2.24, 2.45) is 0 Å². The Morgan fingerprint density at radius 1 is 0.351 bits per heavy atom. The van der Waals surface area contributed by atoms with E-state index in [2.05, 4.69) is 213 Å². The Morgan fingerprint density at radius 2 is 0.860 bits per heavy atom. The number of rotatable bonds is 6. The molecule has 0 fully saturated rings. The monoisotopic (exact) mass is 729 g/mol. The predicted molar refractivity (Wildman–Crippen MR) is 240 cm³/mol. The van der Waals surface area contributed by atoms with Crippen molar-refractivity contribution in [3.8, 4) is 44.5 Å². The van der Waals surface area contributed by atoms with Crippen molar-refractivity contribution in [2.45, 2.75) is 19.3 Å². The van der Waals surface area contributed by atoms with Crippen LogP contribution in [-0.2, 0) is 5.41 Å².